The van der Waals surface area contributed by atoms with Crippen molar-refractivity contribution in [2.24, 2.45) is 0 Å². The minimum absolute atomic E-state index is 0.0901. The molecule has 0 unspecified atom stereocenters. The predicted molar refractivity (Wildman–Crippen MR) is 134 cm³/mol. The molecule has 0 spiro atoms. The molecular formula is C26H20FN5O3S. The van der Waals surface area contributed by atoms with E-state index in [1.54, 1.807) is 44.5 Å². The summed E-state index contributed by atoms with van der Waals surface area (Å²) < 4.78 is 47.5. The molecular weight excluding hydrogens is 481 g/mol. The van der Waals surface area contributed by atoms with Crippen molar-refractivity contribution in [2.45, 2.75) is 11.8 Å². The van der Waals surface area contributed by atoms with Crippen molar-refractivity contribution < 1.29 is 17.5 Å². The third kappa shape index (κ3) is 4.46. The van der Waals surface area contributed by atoms with Gasteiger partial charge in [-0.25, -0.2) is 23.4 Å². The van der Waals surface area contributed by atoms with E-state index in [9.17, 15) is 12.8 Å². The molecule has 0 fully saturated rings. The summed E-state index contributed by atoms with van der Waals surface area (Å²) in [5.74, 6) is 0.240. The van der Waals surface area contributed by atoms with Crippen LogP contribution in [0.1, 0.15) is 5.56 Å². The molecule has 0 radical (unpaired) electrons. The van der Waals surface area contributed by atoms with Crippen molar-refractivity contribution in [3.8, 4) is 28.1 Å². The maximum Gasteiger partial charge on any atom is 0.263 e. The highest BCUT2D eigenvalue weighted by molar-refractivity contribution is 7.92. The number of ether oxygens (including phenoxy) is 1. The SMILES string of the molecule is COc1cc(-c2cnc(F)c(C)c2)ccc1-c1nccc2cc(S(=O)(=O)Nc3ccncn3)ccc12. The van der Waals surface area contributed by atoms with Gasteiger partial charge in [-0.3, -0.25) is 9.71 Å². The molecule has 0 aliphatic carbocycles. The van der Waals surface area contributed by atoms with Crippen LogP contribution in [0.5, 0.6) is 5.75 Å². The van der Waals surface area contributed by atoms with Gasteiger partial charge < -0.3 is 4.74 Å². The second-order valence-corrected chi connectivity index (χ2v) is 9.67. The Bertz CT molecular complexity index is 1700. The highest BCUT2D eigenvalue weighted by atomic mass is 32.2. The first kappa shape index (κ1) is 23.3. The van der Waals surface area contributed by atoms with Crippen LogP contribution in [0.3, 0.4) is 0 Å². The zero-order valence-corrected chi connectivity index (χ0v) is 20.1. The molecule has 0 aliphatic rings. The summed E-state index contributed by atoms with van der Waals surface area (Å²) in [7, 11) is -2.30. The number of halogens is 1. The summed E-state index contributed by atoms with van der Waals surface area (Å²) in [6, 6.07) is 15.4. The lowest BCUT2D eigenvalue weighted by atomic mass is 9.99. The fourth-order valence-electron chi connectivity index (χ4n) is 3.87. The standard InChI is InChI=1S/C26H20FN5O3S/c1-16-11-19(14-30-26(16)27)17-3-5-22(23(13-17)35-2)25-21-6-4-20(12-18(21)7-10-29-25)36(33,34)32-24-8-9-28-15-31-24/h3-15H,1-2H3,(H,28,31,32). The second-order valence-electron chi connectivity index (χ2n) is 7.99. The van der Waals surface area contributed by atoms with Crippen LogP contribution in [0.25, 0.3) is 33.2 Å². The number of nitrogens with one attached hydrogen (secondary N) is 1. The molecule has 5 rings (SSSR count). The number of pyridine rings is 2. The Balaban J connectivity index is 1.55. The largest absolute Gasteiger partial charge is 0.496 e. The zero-order chi connectivity index (χ0) is 25.3. The molecule has 2 aromatic carbocycles. The van der Waals surface area contributed by atoms with E-state index in [0.29, 0.717) is 22.4 Å². The number of anilines is 1. The Hall–Kier alpha value is -4.44. The number of rotatable bonds is 6. The van der Waals surface area contributed by atoms with Crippen LogP contribution in [-0.4, -0.2) is 35.5 Å². The van der Waals surface area contributed by atoms with Gasteiger partial charge in [-0.15, -0.1) is 0 Å². The fraction of sp³-hybridized carbons (Fsp3) is 0.0769. The number of hydrogen-bond acceptors (Lipinski definition) is 7. The molecule has 0 atom stereocenters. The number of aromatic nitrogens is 4. The number of aryl methyl sites for hydroxylation is 1. The van der Waals surface area contributed by atoms with Gasteiger partial charge in [-0.1, -0.05) is 12.1 Å². The van der Waals surface area contributed by atoms with Crippen LogP contribution in [0.15, 0.2) is 84.4 Å². The lowest BCUT2D eigenvalue weighted by Gasteiger charge is -2.13. The normalized spacial score (nSPS) is 11.4. The molecule has 0 saturated carbocycles. The molecule has 1 N–H and O–H groups in total. The van der Waals surface area contributed by atoms with Crippen molar-refractivity contribution in [2.75, 3.05) is 11.8 Å². The maximum absolute atomic E-state index is 13.6. The molecule has 180 valence electrons. The Morgan fingerprint density at radius 2 is 1.78 bits per heavy atom. The highest BCUT2D eigenvalue weighted by Gasteiger charge is 2.18. The number of hydrogen-bond donors (Lipinski definition) is 1. The van der Waals surface area contributed by atoms with Gasteiger partial charge >= 0.3 is 0 Å². The summed E-state index contributed by atoms with van der Waals surface area (Å²) in [4.78, 5) is 16.2. The van der Waals surface area contributed by atoms with E-state index in [1.165, 1.54) is 30.9 Å². The predicted octanol–water partition coefficient (Wildman–Crippen LogP) is 5.01. The third-order valence-electron chi connectivity index (χ3n) is 5.67. The summed E-state index contributed by atoms with van der Waals surface area (Å²) in [5, 5.41) is 1.44. The lowest BCUT2D eigenvalue weighted by Crippen LogP contribution is -2.13. The first-order valence-corrected chi connectivity index (χ1v) is 12.3. The fourth-order valence-corrected chi connectivity index (χ4v) is 4.91. The molecule has 3 aromatic heterocycles. The smallest absolute Gasteiger partial charge is 0.263 e. The summed E-state index contributed by atoms with van der Waals surface area (Å²) >= 11 is 0. The van der Waals surface area contributed by atoms with E-state index in [0.717, 1.165) is 22.1 Å². The number of sulfonamides is 1. The van der Waals surface area contributed by atoms with Gasteiger partial charge in [0.15, 0.2) is 0 Å². The molecule has 8 nitrogen and oxygen atoms in total. The van der Waals surface area contributed by atoms with Crippen molar-refractivity contribution in [1.29, 1.82) is 0 Å². The third-order valence-corrected chi connectivity index (χ3v) is 7.02. The topological polar surface area (TPSA) is 107 Å². The van der Waals surface area contributed by atoms with E-state index >= 15 is 0 Å². The van der Waals surface area contributed by atoms with Crippen LogP contribution in [-0.2, 0) is 10.0 Å². The minimum atomic E-state index is -3.86. The number of methoxy groups -OCH3 is 1. The summed E-state index contributed by atoms with van der Waals surface area (Å²) in [6.45, 7) is 1.66. The van der Waals surface area contributed by atoms with Gasteiger partial charge in [0, 0.05) is 40.7 Å². The van der Waals surface area contributed by atoms with Gasteiger partial charge in [-0.2, -0.15) is 4.39 Å². The molecule has 5 aromatic rings. The average molecular weight is 502 g/mol. The highest BCUT2D eigenvalue weighted by Crippen LogP contribution is 2.37. The average Bonchev–Trinajstić information content (AvgIpc) is 2.89. The number of fused-ring (bicyclic) bond motifs is 1. The van der Waals surface area contributed by atoms with E-state index in [-0.39, 0.29) is 10.7 Å². The molecule has 36 heavy (non-hydrogen) atoms. The monoisotopic (exact) mass is 501 g/mol. The molecule has 10 heteroatoms. The second kappa shape index (κ2) is 9.31. The molecule has 0 saturated heterocycles. The Kier molecular flexibility index (Phi) is 6.03. The van der Waals surface area contributed by atoms with E-state index < -0.39 is 16.0 Å². The quantitative estimate of drug-likeness (QED) is 0.326. The zero-order valence-electron chi connectivity index (χ0n) is 19.3. The molecule has 0 aliphatic heterocycles. The van der Waals surface area contributed by atoms with Crippen molar-refractivity contribution in [3.05, 3.63) is 91.0 Å². The van der Waals surface area contributed by atoms with Crippen LogP contribution in [0.2, 0.25) is 0 Å². The minimum Gasteiger partial charge on any atom is -0.496 e. The van der Waals surface area contributed by atoms with Crippen molar-refractivity contribution in [1.82, 2.24) is 19.9 Å². The van der Waals surface area contributed by atoms with Gasteiger partial charge in [0.2, 0.25) is 5.95 Å². The van der Waals surface area contributed by atoms with Crippen LogP contribution >= 0.6 is 0 Å². The summed E-state index contributed by atoms with van der Waals surface area (Å²) in [5.41, 5.74) is 3.39. The van der Waals surface area contributed by atoms with Gasteiger partial charge in [0.1, 0.15) is 17.9 Å². The molecule has 0 amide bonds. The van der Waals surface area contributed by atoms with Crippen LogP contribution in [0, 0.1) is 12.9 Å². The van der Waals surface area contributed by atoms with Crippen LogP contribution < -0.4 is 9.46 Å². The van der Waals surface area contributed by atoms with E-state index in [2.05, 4.69) is 24.7 Å². The van der Waals surface area contributed by atoms with E-state index in [1.807, 2.05) is 18.2 Å². The van der Waals surface area contributed by atoms with Crippen molar-refractivity contribution in [3.63, 3.8) is 0 Å². The Morgan fingerprint density at radius 1 is 0.917 bits per heavy atom. The first-order chi connectivity index (χ1) is 17.4. The molecule has 3 heterocycles. The summed E-state index contributed by atoms with van der Waals surface area (Å²) in [6.07, 6.45) is 5.81. The first-order valence-electron chi connectivity index (χ1n) is 10.8. The lowest BCUT2D eigenvalue weighted by molar-refractivity contribution is 0.416. The number of benzene rings is 2. The Morgan fingerprint density at radius 3 is 2.53 bits per heavy atom. The van der Waals surface area contributed by atoms with Gasteiger partial charge in [0.05, 0.1) is 17.7 Å². The Labute approximate surface area is 206 Å². The number of nitrogens with zero attached hydrogens (tertiary/aromatic N) is 4. The van der Waals surface area contributed by atoms with Gasteiger partial charge in [0.25, 0.3) is 10.0 Å². The van der Waals surface area contributed by atoms with Crippen LogP contribution in [0.4, 0.5) is 10.2 Å². The molecule has 0 bridgehead atoms. The maximum atomic E-state index is 13.6. The van der Waals surface area contributed by atoms with Crippen molar-refractivity contribution >= 4 is 26.6 Å². The van der Waals surface area contributed by atoms with Gasteiger partial charge in [-0.05, 0) is 60.3 Å². The van der Waals surface area contributed by atoms with E-state index in [4.69, 9.17) is 4.74 Å².